The number of fused-ring (bicyclic) bond motifs is 1. The van der Waals surface area contributed by atoms with Crippen LogP contribution in [0.5, 0.6) is 0 Å². The van der Waals surface area contributed by atoms with Crippen LogP contribution < -0.4 is 0 Å². The highest BCUT2D eigenvalue weighted by Gasteiger charge is 2.20. The highest BCUT2D eigenvalue weighted by atomic mass is 32.2. The van der Waals surface area contributed by atoms with Gasteiger partial charge in [0, 0.05) is 13.7 Å². The summed E-state index contributed by atoms with van der Waals surface area (Å²) < 4.78 is 12.6. The number of nitrogens with zero attached hydrogens (tertiary/aromatic N) is 2. The van der Waals surface area contributed by atoms with Crippen molar-refractivity contribution in [3.8, 4) is 0 Å². The minimum absolute atomic E-state index is 0.186. The molecule has 0 saturated heterocycles. The Morgan fingerprint density at radius 3 is 2.87 bits per heavy atom. The summed E-state index contributed by atoms with van der Waals surface area (Å²) in [5.74, 6) is -0.186. The van der Waals surface area contributed by atoms with Gasteiger partial charge >= 0.3 is 5.97 Å². The van der Waals surface area contributed by atoms with Crippen molar-refractivity contribution in [3.05, 3.63) is 24.3 Å². The third-order valence-corrected chi connectivity index (χ3v) is 4.56. The van der Waals surface area contributed by atoms with Gasteiger partial charge in [-0.25, -0.2) is 4.98 Å². The van der Waals surface area contributed by atoms with Gasteiger partial charge in [-0.3, -0.25) is 4.79 Å². The average molecular weight is 336 g/mol. The topological polar surface area (TPSA) is 53.3 Å². The zero-order chi connectivity index (χ0) is 16.7. The number of aromatic nitrogens is 2. The van der Waals surface area contributed by atoms with E-state index < -0.39 is 0 Å². The van der Waals surface area contributed by atoms with Crippen molar-refractivity contribution in [1.29, 1.82) is 0 Å². The predicted molar refractivity (Wildman–Crippen MR) is 92.8 cm³/mol. The Morgan fingerprint density at radius 2 is 2.13 bits per heavy atom. The van der Waals surface area contributed by atoms with Gasteiger partial charge in [0.1, 0.15) is 5.25 Å². The number of carbonyl (C=O) groups is 1. The van der Waals surface area contributed by atoms with E-state index in [-0.39, 0.29) is 11.2 Å². The highest BCUT2D eigenvalue weighted by molar-refractivity contribution is 8.00. The minimum atomic E-state index is -0.287. The van der Waals surface area contributed by atoms with Gasteiger partial charge in [0.15, 0.2) is 5.16 Å². The van der Waals surface area contributed by atoms with Crippen molar-refractivity contribution in [3.63, 3.8) is 0 Å². The number of unbranched alkanes of at least 4 members (excludes halogenated alkanes) is 1. The van der Waals surface area contributed by atoms with Gasteiger partial charge < -0.3 is 14.0 Å². The molecule has 0 fully saturated rings. The SMILES string of the molecule is CCCCOC(=O)C(C)Sc1nc2ccccc2n1CCOC. The van der Waals surface area contributed by atoms with Gasteiger partial charge in [-0.15, -0.1) is 0 Å². The van der Waals surface area contributed by atoms with Crippen molar-refractivity contribution in [2.75, 3.05) is 20.3 Å². The molecule has 2 rings (SSSR count). The second kappa shape index (κ2) is 8.93. The lowest BCUT2D eigenvalue weighted by Gasteiger charge is -2.12. The number of benzene rings is 1. The maximum absolute atomic E-state index is 12.1. The molecular weight excluding hydrogens is 312 g/mol. The van der Waals surface area contributed by atoms with E-state index >= 15 is 0 Å². The van der Waals surface area contributed by atoms with Crippen LogP contribution in [0, 0.1) is 0 Å². The molecule has 1 unspecified atom stereocenters. The van der Waals surface area contributed by atoms with Gasteiger partial charge in [-0.2, -0.15) is 0 Å². The molecule has 1 heterocycles. The average Bonchev–Trinajstić information content (AvgIpc) is 2.90. The third-order valence-electron chi connectivity index (χ3n) is 3.49. The molecule has 23 heavy (non-hydrogen) atoms. The van der Waals surface area contributed by atoms with Gasteiger partial charge in [0.2, 0.25) is 0 Å². The maximum atomic E-state index is 12.1. The van der Waals surface area contributed by atoms with Crippen LogP contribution in [0.15, 0.2) is 29.4 Å². The van der Waals surface area contributed by atoms with Crippen LogP contribution in [-0.2, 0) is 20.8 Å². The predicted octanol–water partition coefficient (Wildman–Crippen LogP) is 3.51. The standard InChI is InChI=1S/C17H24N2O3S/c1-4-5-11-22-16(20)13(2)23-17-18-14-8-6-7-9-15(14)19(17)10-12-21-3/h6-9,13H,4-5,10-12H2,1-3H3. The number of hydrogen-bond donors (Lipinski definition) is 0. The number of esters is 1. The van der Waals surface area contributed by atoms with E-state index in [4.69, 9.17) is 9.47 Å². The molecule has 5 nitrogen and oxygen atoms in total. The Labute approximate surface area is 141 Å². The molecule has 126 valence electrons. The zero-order valence-electron chi connectivity index (χ0n) is 13.9. The van der Waals surface area contributed by atoms with Crippen molar-refractivity contribution >= 4 is 28.8 Å². The lowest BCUT2D eigenvalue weighted by atomic mass is 10.3. The molecule has 0 aliphatic rings. The largest absolute Gasteiger partial charge is 0.465 e. The maximum Gasteiger partial charge on any atom is 0.319 e. The smallest absolute Gasteiger partial charge is 0.319 e. The number of methoxy groups -OCH3 is 1. The van der Waals surface area contributed by atoms with Crippen molar-refractivity contribution in [1.82, 2.24) is 9.55 Å². The summed E-state index contributed by atoms with van der Waals surface area (Å²) in [5.41, 5.74) is 1.98. The summed E-state index contributed by atoms with van der Waals surface area (Å²) in [5, 5.41) is 0.535. The fraction of sp³-hybridized carbons (Fsp3) is 0.529. The Kier molecular flexibility index (Phi) is 6.92. The second-order valence-corrected chi connectivity index (χ2v) is 6.62. The van der Waals surface area contributed by atoms with Crippen molar-refractivity contribution in [2.45, 2.75) is 43.6 Å². The Balaban J connectivity index is 2.13. The fourth-order valence-corrected chi connectivity index (χ4v) is 3.13. The van der Waals surface area contributed by atoms with E-state index in [2.05, 4.69) is 16.5 Å². The second-order valence-electron chi connectivity index (χ2n) is 5.31. The van der Waals surface area contributed by atoms with Gasteiger partial charge in [0.25, 0.3) is 0 Å². The quantitative estimate of drug-likeness (QED) is 0.398. The summed E-state index contributed by atoms with van der Waals surface area (Å²) in [7, 11) is 1.68. The van der Waals surface area contributed by atoms with Gasteiger partial charge in [0.05, 0.1) is 24.2 Å². The van der Waals surface area contributed by atoms with Crippen LogP contribution in [-0.4, -0.2) is 41.1 Å². The molecule has 1 atom stereocenters. The Bertz CT molecular complexity index is 642. The van der Waals surface area contributed by atoms with Gasteiger partial charge in [-0.05, 0) is 25.5 Å². The van der Waals surface area contributed by atoms with Crippen LogP contribution in [0.3, 0.4) is 0 Å². The van der Waals surface area contributed by atoms with E-state index in [0.29, 0.717) is 19.8 Å². The molecule has 1 aromatic heterocycles. The monoisotopic (exact) mass is 336 g/mol. The van der Waals surface area contributed by atoms with Crippen molar-refractivity contribution in [2.24, 2.45) is 0 Å². The summed E-state index contributed by atoms with van der Waals surface area (Å²) in [4.78, 5) is 16.7. The summed E-state index contributed by atoms with van der Waals surface area (Å²) >= 11 is 1.43. The summed E-state index contributed by atoms with van der Waals surface area (Å²) in [6, 6.07) is 7.97. The van der Waals surface area contributed by atoms with E-state index in [1.165, 1.54) is 11.8 Å². The van der Waals surface area contributed by atoms with Crippen LogP contribution in [0.4, 0.5) is 0 Å². The van der Waals surface area contributed by atoms with Crippen LogP contribution in [0.1, 0.15) is 26.7 Å². The molecule has 1 aromatic carbocycles. The fourth-order valence-electron chi connectivity index (χ4n) is 2.18. The number of carbonyl (C=O) groups excluding carboxylic acids is 1. The summed E-state index contributed by atoms with van der Waals surface area (Å²) in [6.45, 7) is 5.73. The number of ether oxygens (including phenoxy) is 2. The molecule has 0 saturated carbocycles. The first kappa shape index (κ1) is 17.8. The molecule has 0 N–H and O–H groups in total. The normalized spacial score (nSPS) is 12.5. The zero-order valence-corrected chi connectivity index (χ0v) is 14.8. The number of thioether (sulfide) groups is 1. The number of rotatable bonds is 9. The number of hydrogen-bond acceptors (Lipinski definition) is 5. The lowest BCUT2D eigenvalue weighted by molar-refractivity contribution is -0.142. The summed E-state index contributed by atoms with van der Waals surface area (Å²) in [6.07, 6.45) is 1.91. The van der Waals surface area contributed by atoms with E-state index in [1.54, 1.807) is 7.11 Å². The van der Waals surface area contributed by atoms with Crippen LogP contribution >= 0.6 is 11.8 Å². The molecule has 2 aromatic rings. The molecule has 0 radical (unpaired) electrons. The van der Waals surface area contributed by atoms with E-state index in [9.17, 15) is 4.79 Å². The lowest BCUT2D eigenvalue weighted by Crippen LogP contribution is -2.18. The van der Waals surface area contributed by atoms with Crippen LogP contribution in [0.25, 0.3) is 11.0 Å². The first-order valence-electron chi connectivity index (χ1n) is 7.94. The first-order chi connectivity index (χ1) is 11.2. The van der Waals surface area contributed by atoms with E-state index in [0.717, 1.165) is 29.0 Å². The molecule has 0 aliphatic carbocycles. The molecule has 0 amide bonds. The number of imidazole rings is 1. The first-order valence-corrected chi connectivity index (χ1v) is 8.82. The molecule has 0 aliphatic heterocycles. The Hall–Kier alpha value is -1.53. The molecular formula is C17H24N2O3S. The van der Waals surface area contributed by atoms with E-state index in [1.807, 2.05) is 31.2 Å². The van der Waals surface area contributed by atoms with Crippen molar-refractivity contribution < 1.29 is 14.3 Å². The number of para-hydroxylation sites is 2. The van der Waals surface area contributed by atoms with Gasteiger partial charge in [-0.1, -0.05) is 37.2 Å². The molecule has 0 bridgehead atoms. The Morgan fingerprint density at radius 1 is 1.35 bits per heavy atom. The molecule has 6 heteroatoms. The highest BCUT2D eigenvalue weighted by Crippen LogP contribution is 2.27. The minimum Gasteiger partial charge on any atom is -0.465 e. The van der Waals surface area contributed by atoms with Crippen LogP contribution in [0.2, 0.25) is 0 Å². The third kappa shape index (κ3) is 4.72. The molecule has 0 spiro atoms.